The lowest BCUT2D eigenvalue weighted by atomic mass is 10.2. The van der Waals surface area contributed by atoms with Crippen molar-refractivity contribution in [3.63, 3.8) is 0 Å². The molecule has 0 saturated heterocycles. The minimum absolute atomic E-state index is 0.167. The van der Waals surface area contributed by atoms with Crippen LogP contribution in [0.4, 0.5) is 5.69 Å². The van der Waals surface area contributed by atoms with Crippen LogP contribution in [-0.2, 0) is 26.8 Å². The number of nitrogens with zero attached hydrogens (tertiary/aromatic N) is 2. The average molecular weight is 649 g/mol. The Kier molecular flexibility index (Phi) is 9.70. The molecule has 0 spiro atoms. The smallest absolute Gasteiger partial charge is 0.263 e. The van der Waals surface area contributed by atoms with E-state index in [-0.39, 0.29) is 12.8 Å². The normalized spacial score (nSPS) is 15.5. The van der Waals surface area contributed by atoms with Gasteiger partial charge >= 0.3 is 0 Å². The van der Waals surface area contributed by atoms with Crippen molar-refractivity contribution in [3.05, 3.63) is 68.1 Å². The highest BCUT2D eigenvalue weighted by molar-refractivity contribution is 8.03. The number of benzene rings is 2. The Morgan fingerprint density at radius 3 is 2.36 bits per heavy atom. The van der Waals surface area contributed by atoms with Gasteiger partial charge in [-0.2, -0.15) is 4.57 Å². The Hall–Kier alpha value is -1.64. The van der Waals surface area contributed by atoms with Crippen LogP contribution in [0.2, 0.25) is 10.0 Å². The molecule has 0 N–H and O–H groups in total. The van der Waals surface area contributed by atoms with Gasteiger partial charge in [0.25, 0.3) is 5.01 Å². The second kappa shape index (κ2) is 12.5. The van der Waals surface area contributed by atoms with E-state index >= 15 is 0 Å². The van der Waals surface area contributed by atoms with Crippen LogP contribution < -0.4 is 9.47 Å². The van der Waals surface area contributed by atoms with Crippen molar-refractivity contribution in [1.82, 2.24) is 0 Å². The molecule has 1 aromatic heterocycles. The molecule has 8 nitrogen and oxygen atoms in total. The maximum atomic E-state index is 11.2. The third-order valence-electron chi connectivity index (χ3n) is 5.96. The molecular weight excluding hydrogens is 623 g/mol. The quantitative estimate of drug-likeness (QED) is 0.194. The molecule has 2 aromatic carbocycles. The van der Waals surface area contributed by atoms with Crippen molar-refractivity contribution in [2.45, 2.75) is 37.6 Å². The molecule has 0 amide bonds. The highest BCUT2D eigenvalue weighted by Crippen LogP contribution is 2.47. The van der Waals surface area contributed by atoms with Crippen LogP contribution in [0.3, 0.4) is 0 Å². The van der Waals surface area contributed by atoms with Crippen LogP contribution in [0.1, 0.15) is 31.2 Å². The lowest BCUT2D eigenvalue weighted by molar-refractivity contribution is -0.668. The van der Waals surface area contributed by atoms with Crippen molar-refractivity contribution in [3.8, 4) is 0 Å². The topological polar surface area (TPSA) is 122 Å². The lowest BCUT2D eigenvalue weighted by Gasteiger charge is -2.21. The van der Waals surface area contributed by atoms with Gasteiger partial charge in [-0.1, -0.05) is 53.2 Å². The first-order valence-corrected chi connectivity index (χ1v) is 17.5. The van der Waals surface area contributed by atoms with Gasteiger partial charge in [0.1, 0.15) is 4.70 Å². The van der Waals surface area contributed by atoms with Crippen molar-refractivity contribution < 1.29 is 30.5 Å². The minimum atomic E-state index is -4.33. The molecule has 4 rings (SSSR count). The van der Waals surface area contributed by atoms with Crippen molar-refractivity contribution in [2.75, 3.05) is 23.0 Å². The number of aromatic nitrogens is 1. The highest BCUT2D eigenvalue weighted by atomic mass is 35.5. The van der Waals surface area contributed by atoms with Gasteiger partial charge in [-0.25, -0.2) is 16.8 Å². The first-order valence-electron chi connectivity index (χ1n) is 12.0. The number of fused-ring (bicyclic) bond motifs is 2. The molecule has 3 aromatic rings. The third-order valence-corrected chi connectivity index (χ3v) is 10.2. The molecule has 1 aliphatic rings. The zero-order valence-corrected chi connectivity index (χ0v) is 25.6. The number of rotatable bonds is 11. The van der Waals surface area contributed by atoms with E-state index in [0.717, 1.165) is 36.4 Å². The zero-order chi connectivity index (χ0) is 28.4. The van der Waals surface area contributed by atoms with E-state index in [1.54, 1.807) is 12.1 Å². The lowest BCUT2D eigenvalue weighted by Crippen LogP contribution is -2.36. The van der Waals surface area contributed by atoms with Gasteiger partial charge in [0.15, 0.2) is 6.54 Å². The first kappa shape index (κ1) is 30.3. The summed E-state index contributed by atoms with van der Waals surface area (Å²) in [6, 6.07) is 11.0. The molecule has 0 saturated carbocycles. The van der Waals surface area contributed by atoms with E-state index < -0.39 is 31.7 Å². The fourth-order valence-electron chi connectivity index (χ4n) is 4.19. The van der Waals surface area contributed by atoms with Crippen molar-refractivity contribution in [1.29, 1.82) is 0 Å². The van der Waals surface area contributed by atoms with E-state index in [4.69, 9.17) is 23.2 Å². The van der Waals surface area contributed by atoms with E-state index in [9.17, 15) is 25.9 Å². The monoisotopic (exact) mass is 647 g/mol. The summed E-state index contributed by atoms with van der Waals surface area (Å²) in [6.45, 7) is 2.67. The summed E-state index contributed by atoms with van der Waals surface area (Å²) in [5.41, 5.74) is 2.67. The van der Waals surface area contributed by atoms with Crippen LogP contribution in [0.25, 0.3) is 16.3 Å². The van der Waals surface area contributed by atoms with Gasteiger partial charge in [-0.3, -0.25) is 0 Å². The number of allylic oxidation sites excluding steroid dienone is 2. The minimum Gasteiger partial charge on any atom is -0.748 e. The molecule has 0 aliphatic carbocycles. The Balaban J connectivity index is 1.71. The van der Waals surface area contributed by atoms with Crippen molar-refractivity contribution in [2.24, 2.45) is 0 Å². The van der Waals surface area contributed by atoms with Crippen LogP contribution in [0, 0.1) is 0 Å². The fraction of sp³-hybridized carbons (Fsp3) is 0.320. The molecule has 14 heteroatoms. The van der Waals surface area contributed by atoms with Crippen LogP contribution >= 0.6 is 46.3 Å². The highest BCUT2D eigenvalue weighted by Gasteiger charge is 2.26. The van der Waals surface area contributed by atoms with Crippen LogP contribution in [0.5, 0.6) is 0 Å². The molecule has 0 unspecified atom stereocenters. The molecule has 1 aliphatic heterocycles. The second-order valence-corrected chi connectivity index (χ2v) is 14.9. The van der Waals surface area contributed by atoms with Gasteiger partial charge in [0.2, 0.25) is 5.52 Å². The van der Waals surface area contributed by atoms with Crippen LogP contribution in [0.15, 0.2) is 58.0 Å². The van der Waals surface area contributed by atoms with Gasteiger partial charge in [0, 0.05) is 51.6 Å². The third kappa shape index (κ3) is 8.20. The van der Waals surface area contributed by atoms with E-state index in [0.29, 0.717) is 29.6 Å². The molecule has 210 valence electrons. The Morgan fingerprint density at radius 1 is 1.00 bits per heavy atom. The van der Waals surface area contributed by atoms with Gasteiger partial charge < -0.3 is 14.0 Å². The molecule has 0 bridgehead atoms. The molecule has 39 heavy (non-hydrogen) atoms. The summed E-state index contributed by atoms with van der Waals surface area (Å²) in [6.07, 6.45) is 5.05. The summed E-state index contributed by atoms with van der Waals surface area (Å²) in [4.78, 5) is 2.94. The number of halogens is 2. The summed E-state index contributed by atoms with van der Waals surface area (Å²) in [7, 11) is -8.67. The number of aryl methyl sites for hydroxylation is 1. The Morgan fingerprint density at radius 2 is 1.67 bits per heavy atom. The number of anilines is 1. The molecule has 0 atom stereocenters. The number of thioether (sulfide) groups is 1. The van der Waals surface area contributed by atoms with Gasteiger partial charge in [0.05, 0.1) is 31.0 Å². The fourth-order valence-corrected chi connectivity index (χ4v) is 7.77. The van der Waals surface area contributed by atoms with Gasteiger partial charge in [-0.15, -0.1) is 0 Å². The Bertz CT molecular complexity index is 1670. The van der Waals surface area contributed by atoms with Gasteiger partial charge in [-0.05, 0) is 54.8 Å². The van der Waals surface area contributed by atoms with E-state index in [2.05, 4.69) is 0 Å². The predicted molar refractivity (Wildman–Crippen MR) is 156 cm³/mol. The summed E-state index contributed by atoms with van der Waals surface area (Å²) in [5, 5.41) is 2.84. The maximum absolute atomic E-state index is 11.2. The molecule has 0 radical (unpaired) electrons. The standard InChI is InChI=1S/C25H26Cl2N2O6S4/c1-2-17(13-24-28(9-3-11-38(30,31)32)20-15-18(26)5-7-22(20)36-24)14-25-29(10-4-12-39(33,34)35)21-16-19(27)6-8-23(21)37-25/h5-8,13-16H,2-4,9-12H2,1H3,(H-,30,31,32,33,34,35)/p-1. The summed E-state index contributed by atoms with van der Waals surface area (Å²) < 4.78 is 70.1. The summed E-state index contributed by atoms with van der Waals surface area (Å²) in [5.74, 6) is -0.922. The maximum Gasteiger partial charge on any atom is 0.263 e. The van der Waals surface area contributed by atoms with E-state index in [1.165, 1.54) is 23.1 Å². The molecular formula is C25H25Cl2N2O6S4-. The Labute approximate surface area is 246 Å². The second-order valence-electron chi connectivity index (χ2n) is 8.86. The van der Waals surface area contributed by atoms with E-state index in [1.807, 2.05) is 52.8 Å². The zero-order valence-electron chi connectivity index (χ0n) is 20.8. The largest absolute Gasteiger partial charge is 0.748 e. The molecule has 2 heterocycles. The predicted octanol–water partition coefficient (Wildman–Crippen LogP) is 5.61. The molecule has 0 fully saturated rings. The first-order chi connectivity index (χ1) is 18.3. The van der Waals surface area contributed by atoms with Crippen LogP contribution in [-0.4, -0.2) is 44.0 Å². The SMILES string of the molecule is CCC(=Cc1sc2ccc(Cl)cc2[n+]1CCCS(=O)(=O)[O-])C=C1Sc2ccc(Cl)cc2N1CCCS(=O)(=O)[O-]. The summed E-state index contributed by atoms with van der Waals surface area (Å²) >= 11 is 15.5. The number of thiazole rings is 1. The number of hydrogen-bond acceptors (Lipinski definition) is 9. The van der Waals surface area contributed by atoms with Crippen molar-refractivity contribution >= 4 is 88.5 Å². The average Bonchev–Trinajstić information content (AvgIpc) is 3.34. The number of hydrogen-bond donors (Lipinski definition) is 0.